The average molecular weight is 333 g/mol. The highest BCUT2D eigenvalue weighted by atomic mass is 79.9. The first-order valence-electron chi connectivity index (χ1n) is 5.15. The summed E-state index contributed by atoms with van der Waals surface area (Å²) >= 11 is 4.83. The van der Waals surface area contributed by atoms with Gasteiger partial charge in [0.1, 0.15) is 6.04 Å². The van der Waals surface area contributed by atoms with E-state index >= 15 is 0 Å². The van der Waals surface area contributed by atoms with Crippen molar-refractivity contribution < 1.29 is 14.7 Å². The number of hydrogen-bond acceptors (Lipinski definition) is 3. The van der Waals surface area contributed by atoms with Crippen LogP contribution in [-0.4, -0.2) is 23.1 Å². The summed E-state index contributed by atoms with van der Waals surface area (Å²) in [6, 6.07) is 2.32. The van der Waals surface area contributed by atoms with Crippen LogP contribution in [0, 0.1) is 0 Å². The van der Waals surface area contributed by atoms with Crippen molar-refractivity contribution in [3.8, 4) is 0 Å². The zero-order chi connectivity index (χ0) is 13.5. The maximum absolute atomic E-state index is 11.5. The minimum absolute atomic E-state index is 0.188. The van der Waals surface area contributed by atoms with Crippen molar-refractivity contribution in [2.24, 2.45) is 0 Å². The maximum atomic E-state index is 11.5. The first-order chi connectivity index (χ1) is 8.52. The molecule has 0 aliphatic rings. The lowest BCUT2D eigenvalue weighted by molar-refractivity contribution is -0.139. The molecule has 98 valence electrons. The van der Waals surface area contributed by atoms with Crippen molar-refractivity contribution in [2.45, 2.75) is 19.0 Å². The summed E-state index contributed by atoms with van der Waals surface area (Å²) in [5.41, 5.74) is 0. The lowest BCUT2D eigenvalue weighted by Gasteiger charge is -2.12. The molecule has 0 fully saturated rings. The third-order valence-corrected chi connectivity index (χ3v) is 3.68. The first kappa shape index (κ1) is 14.7. The van der Waals surface area contributed by atoms with E-state index in [1.807, 2.05) is 12.1 Å². The Morgan fingerprint density at radius 3 is 2.78 bits per heavy atom. The maximum Gasteiger partial charge on any atom is 0.326 e. The molecule has 0 radical (unpaired) electrons. The Balaban J connectivity index is 2.40. The van der Waals surface area contributed by atoms with Gasteiger partial charge in [0.2, 0.25) is 0 Å². The Labute approximate surface area is 117 Å². The monoisotopic (exact) mass is 332 g/mol. The Morgan fingerprint density at radius 1 is 1.56 bits per heavy atom. The van der Waals surface area contributed by atoms with Gasteiger partial charge in [0.25, 0.3) is 0 Å². The van der Waals surface area contributed by atoms with E-state index in [1.54, 1.807) is 0 Å². The van der Waals surface area contributed by atoms with Crippen molar-refractivity contribution in [2.75, 3.05) is 0 Å². The number of rotatable bonds is 6. The van der Waals surface area contributed by atoms with Crippen molar-refractivity contribution in [1.82, 2.24) is 10.6 Å². The zero-order valence-corrected chi connectivity index (χ0v) is 11.9. The van der Waals surface area contributed by atoms with Gasteiger partial charge in [-0.05, 0) is 34.5 Å². The van der Waals surface area contributed by atoms with Crippen LogP contribution in [0.25, 0.3) is 0 Å². The number of amides is 2. The minimum atomic E-state index is -1.08. The molecule has 2 amide bonds. The molecule has 0 bridgehead atoms. The zero-order valence-electron chi connectivity index (χ0n) is 9.48. The van der Waals surface area contributed by atoms with Gasteiger partial charge in [-0.2, -0.15) is 0 Å². The second-order valence-corrected chi connectivity index (χ2v) is 6.00. The minimum Gasteiger partial charge on any atom is -0.480 e. The third kappa shape index (κ3) is 4.89. The molecule has 0 aromatic carbocycles. The number of carboxylic acids is 1. The highest BCUT2D eigenvalue weighted by molar-refractivity contribution is 9.11. The number of carbonyl (C=O) groups is 2. The lowest BCUT2D eigenvalue weighted by atomic mass is 10.2. The molecular formula is C11H13BrN2O3S. The molecule has 5 nitrogen and oxygen atoms in total. The molecular weight excluding hydrogens is 320 g/mol. The summed E-state index contributed by atoms with van der Waals surface area (Å²) in [6.07, 6.45) is 1.64. The molecule has 0 saturated carbocycles. The smallest absolute Gasteiger partial charge is 0.326 e. The van der Waals surface area contributed by atoms with E-state index < -0.39 is 18.0 Å². The van der Waals surface area contributed by atoms with Gasteiger partial charge in [0.15, 0.2) is 0 Å². The van der Waals surface area contributed by atoms with Crippen LogP contribution in [0.5, 0.6) is 0 Å². The fraction of sp³-hybridized carbons (Fsp3) is 0.273. The van der Waals surface area contributed by atoms with Crippen LogP contribution in [0.4, 0.5) is 4.79 Å². The predicted octanol–water partition coefficient (Wildman–Crippen LogP) is 2.34. The van der Waals surface area contributed by atoms with Crippen LogP contribution in [0.15, 0.2) is 28.6 Å². The number of thiophene rings is 1. The van der Waals surface area contributed by atoms with Crippen LogP contribution in [0.2, 0.25) is 0 Å². The molecule has 3 N–H and O–H groups in total. The highest BCUT2D eigenvalue weighted by Gasteiger charge is 2.17. The van der Waals surface area contributed by atoms with Gasteiger partial charge >= 0.3 is 12.0 Å². The molecule has 18 heavy (non-hydrogen) atoms. The number of carboxylic acid groups (broad SMARTS) is 1. The predicted molar refractivity (Wildman–Crippen MR) is 73.6 cm³/mol. The SMILES string of the molecule is C=CCC(NC(=O)NCc1ccc(Br)s1)C(=O)O. The largest absolute Gasteiger partial charge is 0.480 e. The number of urea groups is 1. The molecule has 0 aliphatic carbocycles. The van der Waals surface area contributed by atoms with Gasteiger partial charge in [-0.25, -0.2) is 9.59 Å². The summed E-state index contributed by atoms with van der Waals surface area (Å²) in [6.45, 7) is 3.81. The van der Waals surface area contributed by atoms with Gasteiger partial charge in [0.05, 0.1) is 10.3 Å². The van der Waals surface area contributed by atoms with Crippen molar-refractivity contribution in [1.29, 1.82) is 0 Å². The van der Waals surface area contributed by atoms with Crippen molar-refractivity contribution in [3.05, 3.63) is 33.5 Å². The number of carbonyl (C=O) groups excluding carboxylic acids is 1. The van der Waals surface area contributed by atoms with Gasteiger partial charge in [-0.3, -0.25) is 0 Å². The third-order valence-electron chi connectivity index (χ3n) is 2.06. The molecule has 0 saturated heterocycles. The van der Waals surface area contributed by atoms with Gasteiger partial charge < -0.3 is 15.7 Å². The van der Waals surface area contributed by atoms with Crippen molar-refractivity contribution >= 4 is 39.3 Å². The van der Waals surface area contributed by atoms with Crippen molar-refractivity contribution in [3.63, 3.8) is 0 Å². The van der Waals surface area contributed by atoms with Crippen LogP contribution in [0.1, 0.15) is 11.3 Å². The van der Waals surface area contributed by atoms with E-state index in [9.17, 15) is 9.59 Å². The molecule has 0 aliphatic heterocycles. The molecule has 7 heteroatoms. The fourth-order valence-electron chi connectivity index (χ4n) is 1.21. The Kier molecular flexibility index (Phi) is 5.87. The van der Waals surface area contributed by atoms with Crippen LogP contribution in [0.3, 0.4) is 0 Å². The molecule has 1 aromatic heterocycles. The van der Waals surface area contributed by atoms with Crippen LogP contribution < -0.4 is 10.6 Å². The Hall–Kier alpha value is -1.34. The Bertz CT molecular complexity index is 447. The number of hydrogen-bond donors (Lipinski definition) is 3. The first-order valence-corrected chi connectivity index (χ1v) is 6.76. The normalized spacial score (nSPS) is 11.6. The van der Waals surface area contributed by atoms with E-state index in [0.717, 1.165) is 8.66 Å². The molecule has 1 unspecified atom stereocenters. The molecule has 0 spiro atoms. The Morgan fingerprint density at radius 2 is 2.28 bits per heavy atom. The summed E-state index contributed by atoms with van der Waals surface area (Å²) < 4.78 is 0.981. The molecule has 1 heterocycles. The van der Waals surface area contributed by atoms with E-state index in [-0.39, 0.29) is 6.42 Å². The molecule has 1 aromatic rings. The highest BCUT2D eigenvalue weighted by Crippen LogP contribution is 2.21. The molecule has 1 rings (SSSR count). The summed E-state index contributed by atoms with van der Waals surface area (Å²) in [4.78, 5) is 23.3. The number of aliphatic carboxylic acids is 1. The van der Waals surface area contributed by atoms with Crippen LogP contribution >= 0.6 is 27.3 Å². The fourth-order valence-corrected chi connectivity index (χ4v) is 2.63. The van der Waals surface area contributed by atoms with Gasteiger partial charge in [-0.1, -0.05) is 6.08 Å². The van der Waals surface area contributed by atoms with Gasteiger partial charge in [-0.15, -0.1) is 17.9 Å². The van der Waals surface area contributed by atoms with Gasteiger partial charge in [0, 0.05) is 4.88 Å². The van der Waals surface area contributed by atoms with E-state index in [2.05, 4.69) is 33.1 Å². The number of halogens is 1. The van der Waals surface area contributed by atoms with E-state index in [1.165, 1.54) is 17.4 Å². The summed E-state index contributed by atoms with van der Waals surface area (Å²) in [5.74, 6) is -1.08. The number of nitrogens with one attached hydrogen (secondary N) is 2. The quantitative estimate of drug-likeness (QED) is 0.699. The summed E-state index contributed by atoms with van der Waals surface area (Å²) in [5, 5.41) is 13.8. The van der Waals surface area contributed by atoms with E-state index in [4.69, 9.17) is 5.11 Å². The lowest BCUT2D eigenvalue weighted by Crippen LogP contribution is -2.45. The second kappa shape index (κ2) is 7.17. The second-order valence-electron chi connectivity index (χ2n) is 3.45. The standard InChI is InChI=1S/C11H13BrN2O3S/c1-2-3-8(10(15)16)14-11(17)13-6-7-4-5-9(12)18-7/h2,4-5,8H,1,3,6H2,(H,15,16)(H2,13,14,17). The van der Waals surface area contributed by atoms with E-state index in [0.29, 0.717) is 6.54 Å². The van der Waals surface area contributed by atoms with Crippen LogP contribution in [-0.2, 0) is 11.3 Å². The average Bonchev–Trinajstić information content (AvgIpc) is 2.72. The molecule has 1 atom stereocenters. The topological polar surface area (TPSA) is 78.4 Å². The summed E-state index contributed by atoms with van der Waals surface area (Å²) in [7, 11) is 0.